The van der Waals surface area contributed by atoms with Crippen LogP contribution in [0.4, 0.5) is 0 Å². The molecule has 1 aliphatic rings. The first-order valence-corrected chi connectivity index (χ1v) is 5.95. The number of benzene rings is 1. The first-order valence-electron chi connectivity index (χ1n) is 5.95. The molecule has 90 valence electrons. The van der Waals surface area contributed by atoms with Gasteiger partial charge in [-0.1, -0.05) is 35.9 Å². The van der Waals surface area contributed by atoms with E-state index in [1.807, 2.05) is 44.2 Å². The number of cyclic esters (lactones) is 1. The van der Waals surface area contributed by atoms with E-state index in [0.717, 1.165) is 17.6 Å². The molecule has 2 rings (SSSR count). The van der Waals surface area contributed by atoms with Crippen molar-refractivity contribution in [2.75, 3.05) is 0 Å². The lowest BCUT2D eigenvalue weighted by Gasteiger charge is -2.25. The molecule has 0 radical (unpaired) electrons. The van der Waals surface area contributed by atoms with Crippen LogP contribution in [0.1, 0.15) is 32.3 Å². The highest BCUT2D eigenvalue weighted by molar-refractivity contribution is 5.85. The van der Waals surface area contributed by atoms with E-state index in [4.69, 9.17) is 4.74 Å². The maximum atomic E-state index is 12.2. The third-order valence-corrected chi connectivity index (χ3v) is 3.26. The van der Waals surface area contributed by atoms with Gasteiger partial charge >= 0.3 is 5.97 Å². The van der Waals surface area contributed by atoms with Crippen LogP contribution in [-0.4, -0.2) is 12.1 Å². The van der Waals surface area contributed by atoms with E-state index >= 15 is 0 Å². The van der Waals surface area contributed by atoms with Crippen LogP contribution in [0.3, 0.4) is 0 Å². The molecule has 0 bridgehead atoms. The monoisotopic (exact) mass is 230 g/mol. The summed E-state index contributed by atoms with van der Waals surface area (Å²) in [5, 5.41) is 0. The van der Waals surface area contributed by atoms with Gasteiger partial charge in [-0.15, -0.1) is 6.58 Å². The number of carbonyl (C=O) groups excluding carboxylic acids is 1. The number of hydrogen-bond acceptors (Lipinski definition) is 2. The van der Waals surface area contributed by atoms with Crippen LogP contribution in [0.15, 0.2) is 42.5 Å². The summed E-state index contributed by atoms with van der Waals surface area (Å²) >= 11 is 0. The lowest BCUT2D eigenvalue weighted by molar-refractivity contribution is -0.145. The van der Waals surface area contributed by atoms with Crippen molar-refractivity contribution < 1.29 is 9.53 Å². The summed E-state index contributed by atoms with van der Waals surface area (Å²) in [5.74, 6) is -0.112. The number of esters is 1. The van der Waals surface area contributed by atoms with E-state index < -0.39 is 5.41 Å². The topological polar surface area (TPSA) is 26.3 Å². The fourth-order valence-corrected chi connectivity index (χ4v) is 2.67. The van der Waals surface area contributed by atoms with E-state index in [2.05, 4.69) is 6.58 Å². The molecular formula is C15H18O2. The maximum Gasteiger partial charge on any atom is 0.317 e. The number of carbonyl (C=O) groups is 1. The molecule has 1 saturated heterocycles. The third kappa shape index (κ3) is 2.12. The van der Waals surface area contributed by atoms with Crippen molar-refractivity contribution in [2.45, 2.75) is 38.2 Å². The number of hydrogen-bond donors (Lipinski definition) is 0. The molecule has 0 amide bonds. The SMILES string of the molecule is C=C(C)CC1(c2ccccc2)CC(C)OC1=O. The quantitative estimate of drug-likeness (QED) is 0.588. The third-order valence-electron chi connectivity index (χ3n) is 3.26. The van der Waals surface area contributed by atoms with Gasteiger partial charge in [0.25, 0.3) is 0 Å². The molecule has 0 spiro atoms. The zero-order valence-electron chi connectivity index (χ0n) is 10.4. The van der Waals surface area contributed by atoms with Gasteiger partial charge in [0.1, 0.15) is 11.5 Å². The maximum absolute atomic E-state index is 12.2. The summed E-state index contributed by atoms with van der Waals surface area (Å²) in [4.78, 5) is 12.2. The molecule has 0 aromatic heterocycles. The smallest absolute Gasteiger partial charge is 0.317 e. The highest BCUT2D eigenvalue weighted by atomic mass is 16.6. The minimum Gasteiger partial charge on any atom is -0.462 e. The number of allylic oxidation sites excluding steroid dienone is 1. The van der Waals surface area contributed by atoms with Crippen molar-refractivity contribution in [1.82, 2.24) is 0 Å². The van der Waals surface area contributed by atoms with Gasteiger partial charge in [0, 0.05) is 6.42 Å². The second-order valence-electron chi connectivity index (χ2n) is 5.00. The molecule has 0 N–H and O–H groups in total. The average Bonchev–Trinajstić information content (AvgIpc) is 2.55. The molecule has 2 unspecified atom stereocenters. The van der Waals surface area contributed by atoms with Crippen LogP contribution in [-0.2, 0) is 14.9 Å². The first-order chi connectivity index (χ1) is 8.04. The normalized spacial score (nSPS) is 27.9. The van der Waals surface area contributed by atoms with E-state index in [1.165, 1.54) is 0 Å². The van der Waals surface area contributed by atoms with Gasteiger partial charge in [-0.25, -0.2) is 0 Å². The Labute approximate surface area is 102 Å². The van der Waals surface area contributed by atoms with Gasteiger partial charge in [-0.3, -0.25) is 4.79 Å². The minimum absolute atomic E-state index is 0.0120. The van der Waals surface area contributed by atoms with Gasteiger partial charge in [0.15, 0.2) is 0 Å². The van der Waals surface area contributed by atoms with Crippen molar-refractivity contribution in [3.05, 3.63) is 48.0 Å². The van der Waals surface area contributed by atoms with Crippen LogP contribution in [0.5, 0.6) is 0 Å². The van der Waals surface area contributed by atoms with Crippen LogP contribution < -0.4 is 0 Å². The van der Waals surface area contributed by atoms with Crippen LogP contribution in [0.25, 0.3) is 0 Å². The molecule has 0 aliphatic carbocycles. The fourth-order valence-electron chi connectivity index (χ4n) is 2.67. The Bertz CT molecular complexity index is 435. The van der Waals surface area contributed by atoms with E-state index in [0.29, 0.717) is 6.42 Å². The lowest BCUT2D eigenvalue weighted by atomic mass is 9.74. The number of ether oxygens (including phenoxy) is 1. The first kappa shape index (κ1) is 11.9. The van der Waals surface area contributed by atoms with Crippen molar-refractivity contribution in [3.8, 4) is 0 Å². The highest BCUT2D eigenvalue weighted by Gasteiger charge is 2.48. The molecule has 1 aliphatic heterocycles. The Morgan fingerprint density at radius 1 is 1.47 bits per heavy atom. The molecule has 1 aromatic carbocycles. The lowest BCUT2D eigenvalue weighted by Crippen LogP contribution is -2.31. The zero-order valence-corrected chi connectivity index (χ0v) is 10.4. The predicted molar refractivity (Wildman–Crippen MR) is 67.7 cm³/mol. The molecular weight excluding hydrogens is 212 g/mol. The van der Waals surface area contributed by atoms with Crippen LogP contribution in [0.2, 0.25) is 0 Å². The van der Waals surface area contributed by atoms with Crippen molar-refractivity contribution >= 4 is 5.97 Å². The van der Waals surface area contributed by atoms with Gasteiger partial charge in [-0.2, -0.15) is 0 Å². The summed E-state index contributed by atoms with van der Waals surface area (Å²) in [5.41, 5.74) is 1.53. The number of rotatable bonds is 3. The summed E-state index contributed by atoms with van der Waals surface area (Å²) in [7, 11) is 0. The molecule has 0 saturated carbocycles. The van der Waals surface area contributed by atoms with Crippen LogP contribution in [0, 0.1) is 0 Å². The van der Waals surface area contributed by atoms with Crippen molar-refractivity contribution in [1.29, 1.82) is 0 Å². The summed E-state index contributed by atoms with van der Waals surface area (Å²) in [6.45, 7) is 7.85. The molecule has 2 heteroatoms. The summed E-state index contributed by atoms with van der Waals surface area (Å²) in [6, 6.07) is 9.89. The summed E-state index contributed by atoms with van der Waals surface area (Å²) in [6.07, 6.45) is 1.39. The van der Waals surface area contributed by atoms with Gasteiger partial charge < -0.3 is 4.74 Å². The molecule has 1 aromatic rings. The Morgan fingerprint density at radius 2 is 2.12 bits per heavy atom. The Morgan fingerprint density at radius 3 is 2.59 bits per heavy atom. The summed E-state index contributed by atoms with van der Waals surface area (Å²) < 4.78 is 5.35. The predicted octanol–water partition coefficient (Wildman–Crippen LogP) is 3.23. The molecule has 1 heterocycles. The van der Waals surface area contributed by atoms with E-state index in [1.54, 1.807) is 0 Å². The fraction of sp³-hybridized carbons (Fsp3) is 0.400. The molecule has 2 atom stereocenters. The Balaban J connectivity index is 2.45. The van der Waals surface area contributed by atoms with E-state index in [-0.39, 0.29) is 12.1 Å². The molecule has 1 fully saturated rings. The van der Waals surface area contributed by atoms with Crippen molar-refractivity contribution in [2.24, 2.45) is 0 Å². The minimum atomic E-state index is -0.521. The van der Waals surface area contributed by atoms with Gasteiger partial charge in [0.05, 0.1) is 0 Å². The highest BCUT2D eigenvalue weighted by Crippen LogP contribution is 2.42. The van der Waals surface area contributed by atoms with Crippen LogP contribution >= 0.6 is 0 Å². The Hall–Kier alpha value is -1.57. The molecule has 2 nitrogen and oxygen atoms in total. The largest absolute Gasteiger partial charge is 0.462 e. The molecule has 17 heavy (non-hydrogen) atoms. The van der Waals surface area contributed by atoms with Gasteiger partial charge in [0.2, 0.25) is 0 Å². The van der Waals surface area contributed by atoms with Crippen molar-refractivity contribution in [3.63, 3.8) is 0 Å². The second kappa shape index (κ2) is 4.36. The van der Waals surface area contributed by atoms with Gasteiger partial charge in [-0.05, 0) is 25.8 Å². The zero-order chi connectivity index (χ0) is 12.5. The standard InChI is InChI=1S/C15H18O2/c1-11(2)9-15(10-12(3)17-14(15)16)13-7-5-4-6-8-13/h4-8,12H,1,9-10H2,2-3H3. The second-order valence-corrected chi connectivity index (χ2v) is 5.00. The Kier molecular flexibility index (Phi) is 3.05. The van der Waals surface area contributed by atoms with E-state index in [9.17, 15) is 4.79 Å². The average molecular weight is 230 g/mol.